The van der Waals surface area contributed by atoms with Crippen LogP contribution in [0.15, 0.2) is 18.6 Å². The summed E-state index contributed by atoms with van der Waals surface area (Å²) in [4.78, 5) is 7.95. The number of rotatable bonds is 2. The number of aromatic nitrogens is 2. The number of ether oxygens (including phenoxy) is 1. The summed E-state index contributed by atoms with van der Waals surface area (Å²) in [5, 5.41) is 3.22. The van der Waals surface area contributed by atoms with Crippen molar-refractivity contribution in [2.24, 2.45) is 0 Å². The predicted molar refractivity (Wildman–Crippen MR) is 43.9 cm³/mol. The standard InChI is InChI=1S/C8H11N3O/c1-2-9-5-7(1)12-8-6-10-3-4-11-8/h3-4,6-7,9H,1-2,5H2/t7-/m1/s1. The Labute approximate surface area is 71.0 Å². The molecule has 0 saturated carbocycles. The Morgan fingerprint density at radius 1 is 1.50 bits per heavy atom. The fourth-order valence-corrected chi connectivity index (χ4v) is 1.25. The van der Waals surface area contributed by atoms with E-state index in [1.165, 1.54) is 0 Å². The molecule has 0 spiro atoms. The van der Waals surface area contributed by atoms with Gasteiger partial charge in [-0.25, -0.2) is 4.98 Å². The summed E-state index contributed by atoms with van der Waals surface area (Å²) in [6.45, 7) is 1.95. The fourth-order valence-electron chi connectivity index (χ4n) is 1.25. The summed E-state index contributed by atoms with van der Waals surface area (Å²) in [7, 11) is 0. The number of hydrogen-bond acceptors (Lipinski definition) is 4. The molecule has 1 aromatic heterocycles. The van der Waals surface area contributed by atoms with E-state index in [0.29, 0.717) is 5.88 Å². The lowest BCUT2D eigenvalue weighted by Crippen LogP contribution is -2.20. The number of nitrogens with one attached hydrogen (secondary N) is 1. The fraction of sp³-hybridized carbons (Fsp3) is 0.500. The summed E-state index contributed by atoms with van der Waals surface area (Å²) in [5.41, 5.74) is 0. The average molecular weight is 165 g/mol. The maximum atomic E-state index is 5.54. The van der Waals surface area contributed by atoms with Gasteiger partial charge in [0.05, 0.1) is 6.20 Å². The molecule has 0 aromatic carbocycles. The van der Waals surface area contributed by atoms with Crippen LogP contribution in [0.25, 0.3) is 0 Å². The molecule has 0 bridgehead atoms. The number of nitrogens with zero attached hydrogens (tertiary/aromatic N) is 2. The first-order valence-corrected chi connectivity index (χ1v) is 4.08. The van der Waals surface area contributed by atoms with Crippen LogP contribution in [-0.2, 0) is 0 Å². The minimum Gasteiger partial charge on any atom is -0.472 e. The second-order valence-electron chi connectivity index (χ2n) is 2.78. The predicted octanol–water partition coefficient (Wildman–Crippen LogP) is 0.217. The Balaban J connectivity index is 1.94. The quantitative estimate of drug-likeness (QED) is 0.681. The van der Waals surface area contributed by atoms with Crippen LogP contribution < -0.4 is 10.1 Å². The summed E-state index contributed by atoms with van der Waals surface area (Å²) in [6.07, 6.45) is 6.23. The molecule has 4 heteroatoms. The van der Waals surface area contributed by atoms with Crippen LogP contribution in [-0.4, -0.2) is 29.2 Å². The average Bonchev–Trinajstić information content (AvgIpc) is 2.59. The van der Waals surface area contributed by atoms with Crippen LogP contribution in [0, 0.1) is 0 Å². The molecule has 0 radical (unpaired) electrons. The molecule has 12 heavy (non-hydrogen) atoms. The topological polar surface area (TPSA) is 47.0 Å². The van der Waals surface area contributed by atoms with Gasteiger partial charge in [-0.3, -0.25) is 4.98 Å². The molecule has 64 valence electrons. The van der Waals surface area contributed by atoms with Gasteiger partial charge in [-0.1, -0.05) is 0 Å². The zero-order valence-corrected chi connectivity index (χ0v) is 6.73. The summed E-state index contributed by atoms with van der Waals surface area (Å²) >= 11 is 0. The van der Waals surface area contributed by atoms with Crippen molar-refractivity contribution in [2.75, 3.05) is 13.1 Å². The zero-order chi connectivity index (χ0) is 8.23. The molecule has 1 N–H and O–H groups in total. The van der Waals surface area contributed by atoms with Crippen molar-refractivity contribution >= 4 is 0 Å². The molecule has 1 aliphatic heterocycles. The lowest BCUT2D eigenvalue weighted by atomic mass is 10.3. The highest BCUT2D eigenvalue weighted by molar-refractivity contribution is 5.02. The lowest BCUT2D eigenvalue weighted by Gasteiger charge is -2.09. The molecule has 0 aliphatic carbocycles. The summed E-state index contributed by atoms with van der Waals surface area (Å²) < 4.78 is 5.54. The molecule has 0 unspecified atom stereocenters. The second kappa shape index (κ2) is 3.49. The van der Waals surface area contributed by atoms with Crippen molar-refractivity contribution in [3.63, 3.8) is 0 Å². The lowest BCUT2D eigenvalue weighted by molar-refractivity contribution is 0.213. The maximum Gasteiger partial charge on any atom is 0.232 e. The van der Waals surface area contributed by atoms with Crippen molar-refractivity contribution in [1.29, 1.82) is 0 Å². The minimum absolute atomic E-state index is 0.265. The van der Waals surface area contributed by atoms with Gasteiger partial charge in [0.25, 0.3) is 0 Å². The largest absolute Gasteiger partial charge is 0.472 e. The van der Waals surface area contributed by atoms with Gasteiger partial charge in [0, 0.05) is 18.9 Å². The first-order chi connectivity index (χ1) is 5.95. The molecular weight excluding hydrogens is 154 g/mol. The van der Waals surface area contributed by atoms with Gasteiger partial charge in [0.2, 0.25) is 5.88 Å². The zero-order valence-electron chi connectivity index (χ0n) is 6.73. The number of hydrogen-bond donors (Lipinski definition) is 1. The first-order valence-electron chi connectivity index (χ1n) is 4.08. The van der Waals surface area contributed by atoms with Crippen LogP contribution in [0.2, 0.25) is 0 Å². The Bertz CT molecular complexity index is 233. The van der Waals surface area contributed by atoms with E-state index >= 15 is 0 Å². The molecule has 1 saturated heterocycles. The Morgan fingerprint density at radius 3 is 3.17 bits per heavy atom. The van der Waals surface area contributed by atoms with E-state index in [9.17, 15) is 0 Å². The van der Waals surface area contributed by atoms with E-state index in [0.717, 1.165) is 19.5 Å². The van der Waals surface area contributed by atoms with Crippen LogP contribution in [0.5, 0.6) is 5.88 Å². The first kappa shape index (κ1) is 7.49. The van der Waals surface area contributed by atoms with Crippen molar-refractivity contribution < 1.29 is 4.74 Å². The van der Waals surface area contributed by atoms with Crippen LogP contribution in [0.3, 0.4) is 0 Å². The van der Waals surface area contributed by atoms with Crippen LogP contribution in [0.1, 0.15) is 6.42 Å². The molecule has 1 atom stereocenters. The van der Waals surface area contributed by atoms with Crippen LogP contribution in [0.4, 0.5) is 0 Å². The van der Waals surface area contributed by atoms with Gasteiger partial charge in [-0.15, -0.1) is 0 Å². The molecule has 1 fully saturated rings. The Morgan fingerprint density at radius 2 is 2.50 bits per heavy atom. The maximum absolute atomic E-state index is 5.54. The Hall–Kier alpha value is -1.16. The minimum atomic E-state index is 0.265. The van der Waals surface area contributed by atoms with Gasteiger partial charge < -0.3 is 10.1 Å². The highest BCUT2D eigenvalue weighted by Gasteiger charge is 2.15. The van der Waals surface area contributed by atoms with Crippen molar-refractivity contribution in [1.82, 2.24) is 15.3 Å². The van der Waals surface area contributed by atoms with E-state index in [-0.39, 0.29) is 6.10 Å². The molecule has 1 aromatic rings. The third-order valence-corrected chi connectivity index (χ3v) is 1.84. The van der Waals surface area contributed by atoms with Crippen LogP contribution >= 0.6 is 0 Å². The third kappa shape index (κ3) is 1.71. The highest BCUT2D eigenvalue weighted by atomic mass is 16.5. The normalized spacial score (nSPS) is 22.5. The smallest absolute Gasteiger partial charge is 0.232 e. The van der Waals surface area contributed by atoms with E-state index in [4.69, 9.17) is 4.74 Å². The summed E-state index contributed by atoms with van der Waals surface area (Å²) in [6, 6.07) is 0. The van der Waals surface area contributed by atoms with E-state index in [2.05, 4.69) is 15.3 Å². The second-order valence-corrected chi connectivity index (χ2v) is 2.78. The molecule has 2 heterocycles. The Kier molecular flexibility index (Phi) is 2.18. The van der Waals surface area contributed by atoms with E-state index in [1.54, 1.807) is 18.6 Å². The summed E-state index contributed by atoms with van der Waals surface area (Å²) in [5.74, 6) is 0.617. The van der Waals surface area contributed by atoms with E-state index in [1.807, 2.05) is 0 Å². The van der Waals surface area contributed by atoms with Gasteiger partial charge >= 0.3 is 0 Å². The molecular formula is C8H11N3O. The van der Waals surface area contributed by atoms with E-state index < -0.39 is 0 Å². The molecule has 2 rings (SSSR count). The van der Waals surface area contributed by atoms with Gasteiger partial charge in [-0.05, 0) is 13.0 Å². The van der Waals surface area contributed by atoms with Gasteiger partial charge in [-0.2, -0.15) is 0 Å². The SMILES string of the molecule is c1cnc(O[C@@H]2CCNC2)cn1. The van der Waals surface area contributed by atoms with Gasteiger partial charge in [0.15, 0.2) is 0 Å². The van der Waals surface area contributed by atoms with Crippen molar-refractivity contribution in [3.05, 3.63) is 18.6 Å². The molecule has 0 amide bonds. The van der Waals surface area contributed by atoms with Gasteiger partial charge in [0.1, 0.15) is 6.10 Å². The molecule has 4 nitrogen and oxygen atoms in total. The monoisotopic (exact) mass is 165 g/mol. The highest BCUT2D eigenvalue weighted by Crippen LogP contribution is 2.08. The van der Waals surface area contributed by atoms with Crippen molar-refractivity contribution in [3.8, 4) is 5.88 Å². The molecule has 1 aliphatic rings. The van der Waals surface area contributed by atoms with Crippen molar-refractivity contribution in [2.45, 2.75) is 12.5 Å². The third-order valence-electron chi connectivity index (χ3n) is 1.84.